The van der Waals surface area contributed by atoms with Gasteiger partial charge in [-0.2, -0.15) is 13.2 Å². The van der Waals surface area contributed by atoms with E-state index in [-0.39, 0.29) is 24.4 Å². The maximum absolute atomic E-state index is 13.2. The van der Waals surface area contributed by atoms with Crippen molar-refractivity contribution in [3.8, 4) is 28.4 Å². The molecule has 4 nitrogen and oxygen atoms in total. The van der Waals surface area contributed by atoms with Crippen molar-refractivity contribution in [2.45, 2.75) is 39.3 Å². The molecule has 0 saturated carbocycles. The Hall–Kier alpha value is -3.48. The summed E-state index contributed by atoms with van der Waals surface area (Å²) < 4.78 is 56.0. The number of halogens is 3. The molecule has 0 radical (unpaired) electrons. The van der Waals surface area contributed by atoms with E-state index in [0.717, 1.165) is 17.7 Å². The van der Waals surface area contributed by atoms with Crippen molar-refractivity contribution < 1.29 is 32.2 Å². The van der Waals surface area contributed by atoms with Crippen LogP contribution < -0.4 is 9.47 Å². The van der Waals surface area contributed by atoms with Crippen LogP contribution in [0.4, 0.5) is 13.2 Å². The molecule has 3 aromatic rings. The van der Waals surface area contributed by atoms with Gasteiger partial charge in [0.2, 0.25) is 0 Å². The Kier molecular flexibility index (Phi) is 7.54. The van der Waals surface area contributed by atoms with E-state index in [1.807, 2.05) is 24.3 Å². The second-order valence-corrected chi connectivity index (χ2v) is 8.71. The highest BCUT2D eigenvalue weighted by molar-refractivity contribution is 5.72. The topological polar surface area (TPSA) is 44.8 Å². The molecule has 0 saturated heterocycles. The van der Waals surface area contributed by atoms with Gasteiger partial charge in [0.25, 0.3) is 0 Å². The summed E-state index contributed by atoms with van der Waals surface area (Å²) in [7, 11) is 0. The molecule has 0 bridgehead atoms. The zero-order chi connectivity index (χ0) is 24.9. The van der Waals surface area contributed by atoms with Gasteiger partial charge >= 0.3 is 12.1 Å². The fourth-order valence-electron chi connectivity index (χ4n) is 3.25. The van der Waals surface area contributed by atoms with Gasteiger partial charge < -0.3 is 14.2 Å². The van der Waals surface area contributed by atoms with Crippen LogP contribution in [0.5, 0.6) is 17.2 Å². The Morgan fingerprint density at radius 1 is 0.824 bits per heavy atom. The number of benzene rings is 3. The minimum absolute atomic E-state index is 0.0148. The average molecular weight is 473 g/mol. The number of hydrogen-bond donors (Lipinski definition) is 0. The average Bonchev–Trinajstić information content (AvgIpc) is 2.78. The molecular formula is C27H27F3O4. The summed E-state index contributed by atoms with van der Waals surface area (Å²) in [6.07, 6.45) is -4.46. The van der Waals surface area contributed by atoms with Crippen LogP contribution >= 0.6 is 0 Å². The van der Waals surface area contributed by atoms with E-state index >= 15 is 0 Å². The van der Waals surface area contributed by atoms with E-state index in [4.69, 9.17) is 14.2 Å². The molecule has 0 unspecified atom stereocenters. The molecule has 3 rings (SSSR count). The van der Waals surface area contributed by atoms with Crippen molar-refractivity contribution in [2.75, 3.05) is 13.2 Å². The molecule has 0 aliphatic rings. The first-order chi connectivity index (χ1) is 16.0. The van der Waals surface area contributed by atoms with Crippen molar-refractivity contribution in [1.29, 1.82) is 0 Å². The summed E-state index contributed by atoms with van der Waals surface area (Å²) in [5.41, 5.74) is 1.22. The third-order valence-corrected chi connectivity index (χ3v) is 5.07. The van der Waals surface area contributed by atoms with Gasteiger partial charge in [-0.15, -0.1) is 0 Å². The van der Waals surface area contributed by atoms with Crippen molar-refractivity contribution in [2.24, 2.45) is 0 Å². The van der Waals surface area contributed by atoms with Crippen LogP contribution in [0.25, 0.3) is 11.1 Å². The summed E-state index contributed by atoms with van der Waals surface area (Å²) in [5.74, 6) is 0.527. The Labute approximate surface area is 197 Å². The summed E-state index contributed by atoms with van der Waals surface area (Å²) in [4.78, 5) is 11.8. The summed E-state index contributed by atoms with van der Waals surface area (Å²) >= 11 is 0. The predicted molar refractivity (Wildman–Crippen MR) is 124 cm³/mol. The Morgan fingerprint density at radius 3 is 2.12 bits per heavy atom. The van der Waals surface area contributed by atoms with Gasteiger partial charge in [-0.25, -0.2) is 4.79 Å². The van der Waals surface area contributed by atoms with Crippen molar-refractivity contribution >= 4 is 5.97 Å². The quantitative estimate of drug-likeness (QED) is 0.336. The van der Waals surface area contributed by atoms with E-state index in [1.165, 1.54) is 6.07 Å². The van der Waals surface area contributed by atoms with Gasteiger partial charge in [-0.05, 0) is 65.4 Å². The number of carbonyl (C=O) groups excluding carboxylic acids is 1. The fourth-order valence-corrected chi connectivity index (χ4v) is 3.25. The second kappa shape index (κ2) is 10.2. The monoisotopic (exact) mass is 472 g/mol. The highest BCUT2D eigenvalue weighted by Gasteiger charge is 2.30. The molecular weight excluding hydrogens is 445 g/mol. The van der Waals surface area contributed by atoms with Crippen LogP contribution in [-0.2, 0) is 21.1 Å². The summed E-state index contributed by atoms with van der Waals surface area (Å²) in [5, 5.41) is 0. The zero-order valence-corrected chi connectivity index (χ0v) is 19.5. The first-order valence-corrected chi connectivity index (χ1v) is 10.9. The normalized spacial score (nSPS) is 11.7. The summed E-state index contributed by atoms with van der Waals surface area (Å²) in [6, 6.07) is 17.4. The van der Waals surface area contributed by atoms with Gasteiger partial charge in [-0.1, -0.05) is 51.1 Å². The lowest BCUT2D eigenvalue weighted by molar-refractivity contribution is -0.145. The molecule has 0 aliphatic heterocycles. The predicted octanol–water partition coefficient (Wildman–Crippen LogP) is 7.40. The molecule has 0 amide bonds. The maximum atomic E-state index is 13.2. The summed E-state index contributed by atoms with van der Waals surface area (Å²) in [6.45, 7) is 7.85. The molecule has 3 aromatic carbocycles. The van der Waals surface area contributed by atoms with Gasteiger partial charge in [0.15, 0.2) is 18.1 Å². The number of carbonyl (C=O) groups is 1. The molecule has 180 valence electrons. The van der Waals surface area contributed by atoms with E-state index in [0.29, 0.717) is 22.6 Å². The third kappa shape index (κ3) is 6.53. The van der Waals surface area contributed by atoms with E-state index < -0.39 is 17.7 Å². The highest BCUT2D eigenvalue weighted by atomic mass is 19.4. The van der Waals surface area contributed by atoms with Crippen LogP contribution in [0.3, 0.4) is 0 Å². The van der Waals surface area contributed by atoms with Crippen molar-refractivity contribution in [3.05, 3.63) is 77.9 Å². The van der Waals surface area contributed by atoms with Crippen molar-refractivity contribution in [1.82, 2.24) is 0 Å². The second-order valence-electron chi connectivity index (χ2n) is 8.71. The smallest absolute Gasteiger partial charge is 0.416 e. The number of alkyl halides is 3. The van der Waals surface area contributed by atoms with Crippen LogP contribution in [0.1, 0.15) is 38.8 Å². The molecule has 0 aliphatic carbocycles. The Bertz CT molecular complexity index is 1130. The van der Waals surface area contributed by atoms with Gasteiger partial charge in [-0.3, -0.25) is 0 Å². The zero-order valence-electron chi connectivity index (χ0n) is 19.5. The molecule has 0 atom stereocenters. The molecule has 34 heavy (non-hydrogen) atoms. The minimum atomic E-state index is -4.46. The molecule has 0 spiro atoms. The maximum Gasteiger partial charge on any atom is 0.416 e. The number of hydrogen-bond acceptors (Lipinski definition) is 4. The van der Waals surface area contributed by atoms with Crippen LogP contribution in [0.15, 0.2) is 66.7 Å². The minimum Gasteiger partial charge on any atom is -0.478 e. The lowest BCUT2D eigenvalue weighted by Gasteiger charge is -2.19. The lowest BCUT2D eigenvalue weighted by atomic mass is 9.87. The van der Waals surface area contributed by atoms with Gasteiger partial charge in [0.1, 0.15) is 5.75 Å². The largest absolute Gasteiger partial charge is 0.478 e. The van der Waals surface area contributed by atoms with Crippen LogP contribution in [0.2, 0.25) is 0 Å². The molecule has 7 heteroatoms. The molecule has 0 heterocycles. The Balaban J connectivity index is 1.93. The Morgan fingerprint density at radius 2 is 1.50 bits per heavy atom. The first-order valence-electron chi connectivity index (χ1n) is 10.9. The number of esters is 1. The first kappa shape index (κ1) is 25.1. The lowest BCUT2D eigenvalue weighted by Crippen LogP contribution is -2.14. The fraction of sp³-hybridized carbons (Fsp3) is 0.296. The van der Waals surface area contributed by atoms with Crippen LogP contribution in [-0.4, -0.2) is 19.2 Å². The molecule has 0 aromatic heterocycles. The number of ether oxygens (including phenoxy) is 3. The highest BCUT2D eigenvalue weighted by Crippen LogP contribution is 2.38. The SMILES string of the molecule is CCOC(=O)COc1cc(-c2cccc(C(F)(F)F)c2)ccc1Oc1ccc(C(C)(C)C)cc1. The van der Waals surface area contributed by atoms with Crippen molar-refractivity contribution in [3.63, 3.8) is 0 Å². The molecule has 0 fully saturated rings. The van der Waals surface area contributed by atoms with E-state index in [2.05, 4.69) is 20.8 Å². The van der Waals surface area contributed by atoms with E-state index in [9.17, 15) is 18.0 Å². The van der Waals surface area contributed by atoms with E-state index in [1.54, 1.807) is 31.2 Å². The van der Waals surface area contributed by atoms with Gasteiger partial charge in [0.05, 0.1) is 12.2 Å². The molecule has 0 N–H and O–H groups in total. The third-order valence-electron chi connectivity index (χ3n) is 5.07. The number of rotatable bonds is 7. The standard InChI is InChI=1S/C27H27F3O4/c1-5-32-25(31)17-33-24-16-19(18-7-6-8-21(15-18)27(28,29)30)9-14-23(24)34-22-12-10-20(11-13-22)26(2,3)4/h6-16H,5,17H2,1-4H3. The van der Waals surface area contributed by atoms with Crippen LogP contribution in [0, 0.1) is 0 Å². The van der Waals surface area contributed by atoms with Gasteiger partial charge in [0, 0.05) is 0 Å².